The van der Waals surface area contributed by atoms with Gasteiger partial charge in [0.1, 0.15) is 0 Å². The summed E-state index contributed by atoms with van der Waals surface area (Å²) in [6.07, 6.45) is 0. The minimum Gasteiger partial charge on any atom is -0.481 e. The maximum absolute atomic E-state index is 10.6. The van der Waals surface area contributed by atoms with Crippen LogP contribution in [0.2, 0.25) is 0 Å². The summed E-state index contributed by atoms with van der Waals surface area (Å²) in [6.45, 7) is 0.789. The van der Waals surface area contributed by atoms with E-state index in [9.17, 15) is 10.1 Å². The molecule has 0 aliphatic heterocycles. The van der Waals surface area contributed by atoms with E-state index in [0.717, 1.165) is 0 Å². The predicted octanol–water partition coefficient (Wildman–Crippen LogP) is 0.369. The molecule has 0 radical (unpaired) electrons. The van der Waals surface area contributed by atoms with Crippen molar-refractivity contribution in [1.82, 2.24) is 4.98 Å². The number of nitro groups is 1. The molecule has 7 nitrogen and oxygen atoms in total. The second-order valence-corrected chi connectivity index (χ2v) is 2.69. The van der Waals surface area contributed by atoms with Crippen LogP contribution in [0.15, 0.2) is 12.1 Å². The first-order valence-corrected chi connectivity index (χ1v) is 4.32. The van der Waals surface area contributed by atoms with Crippen molar-refractivity contribution in [3.63, 3.8) is 0 Å². The van der Waals surface area contributed by atoms with Crippen LogP contribution >= 0.6 is 0 Å². The number of methoxy groups -OCH3 is 1. The van der Waals surface area contributed by atoms with Gasteiger partial charge in [0.15, 0.2) is 0 Å². The summed E-state index contributed by atoms with van der Waals surface area (Å²) < 4.78 is 4.86. The Labute approximate surface area is 86.4 Å². The van der Waals surface area contributed by atoms with Gasteiger partial charge in [0.25, 0.3) is 0 Å². The fourth-order valence-electron chi connectivity index (χ4n) is 1.02. The third-order valence-corrected chi connectivity index (χ3v) is 1.69. The van der Waals surface area contributed by atoms with Crippen LogP contribution in [-0.4, -0.2) is 30.1 Å². The van der Waals surface area contributed by atoms with Gasteiger partial charge in [-0.3, -0.25) is 10.1 Å². The average Bonchev–Trinajstić information content (AvgIpc) is 2.25. The Hall–Kier alpha value is -1.89. The maximum Gasteiger partial charge on any atom is 0.311 e. The molecule has 0 aliphatic rings. The highest BCUT2D eigenvalue weighted by Gasteiger charge is 2.15. The second-order valence-electron chi connectivity index (χ2n) is 2.69. The monoisotopic (exact) mass is 212 g/mol. The molecule has 1 aromatic rings. The van der Waals surface area contributed by atoms with Crippen LogP contribution in [0.5, 0.6) is 5.88 Å². The molecule has 0 unspecified atom stereocenters. The fourth-order valence-corrected chi connectivity index (χ4v) is 1.02. The summed E-state index contributed by atoms with van der Waals surface area (Å²) in [4.78, 5) is 14.0. The van der Waals surface area contributed by atoms with Gasteiger partial charge < -0.3 is 15.8 Å². The number of hydrogen-bond donors (Lipinski definition) is 2. The zero-order valence-corrected chi connectivity index (χ0v) is 8.27. The lowest BCUT2D eigenvalue weighted by molar-refractivity contribution is -0.384. The Morgan fingerprint density at radius 3 is 2.93 bits per heavy atom. The zero-order chi connectivity index (χ0) is 11.3. The molecule has 0 saturated heterocycles. The molecule has 7 heteroatoms. The molecule has 15 heavy (non-hydrogen) atoms. The number of anilines is 1. The van der Waals surface area contributed by atoms with Gasteiger partial charge in [0.2, 0.25) is 11.7 Å². The number of ether oxygens (including phenoxy) is 1. The Bertz CT molecular complexity index is 356. The van der Waals surface area contributed by atoms with Crippen LogP contribution in [0.3, 0.4) is 0 Å². The Kier molecular flexibility index (Phi) is 3.81. The largest absolute Gasteiger partial charge is 0.481 e. The van der Waals surface area contributed by atoms with Gasteiger partial charge in [0, 0.05) is 25.2 Å². The Morgan fingerprint density at radius 1 is 1.67 bits per heavy atom. The molecule has 0 atom stereocenters. The first kappa shape index (κ1) is 11.2. The Morgan fingerprint density at radius 2 is 2.40 bits per heavy atom. The van der Waals surface area contributed by atoms with Crippen LogP contribution in [0, 0.1) is 10.1 Å². The van der Waals surface area contributed by atoms with Crippen molar-refractivity contribution in [2.75, 3.05) is 25.5 Å². The van der Waals surface area contributed by atoms with E-state index in [0.29, 0.717) is 19.0 Å². The zero-order valence-electron chi connectivity index (χ0n) is 8.27. The van der Waals surface area contributed by atoms with Crippen molar-refractivity contribution >= 4 is 11.5 Å². The van der Waals surface area contributed by atoms with Gasteiger partial charge in [-0.1, -0.05) is 0 Å². The molecule has 1 rings (SSSR count). The van der Waals surface area contributed by atoms with E-state index in [1.54, 1.807) is 0 Å². The normalized spacial score (nSPS) is 9.73. The minimum absolute atomic E-state index is 0.0933. The lowest BCUT2D eigenvalue weighted by Crippen LogP contribution is -2.15. The molecule has 3 N–H and O–H groups in total. The number of nitrogens with two attached hydrogens (primary N) is 1. The first-order chi connectivity index (χ1) is 7.19. The molecule has 0 bridgehead atoms. The van der Waals surface area contributed by atoms with E-state index in [2.05, 4.69) is 10.3 Å². The molecule has 0 aromatic carbocycles. The van der Waals surface area contributed by atoms with Gasteiger partial charge in [-0.2, -0.15) is 4.98 Å². The summed E-state index contributed by atoms with van der Waals surface area (Å²) in [7, 11) is 1.45. The first-order valence-electron chi connectivity index (χ1n) is 4.32. The molecule has 0 spiro atoms. The number of rotatable bonds is 5. The molecule has 0 aliphatic carbocycles. The van der Waals surface area contributed by atoms with Crippen molar-refractivity contribution < 1.29 is 9.66 Å². The fraction of sp³-hybridized carbons (Fsp3) is 0.375. The van der Waals surface area contributed by atoms with Gasteiger partial charge in [-0.05, 0) is 0 Å². The van der Waals surface area contributed by atoms with Crippen molar-refractivity contribution in [1.29, 1.82) is 0 Å². The quantitative estimate of drug-likeness (QED) is 0.539. The average molecular weight is 212 g/mol. The number of pyridine rings is 1. The van der Waals surface area contributed by atoms with Crippen LogP contribution in [0.1, 0.15) is 0 Å². The topological polar surface area (TPSA) is 103 Å². The van der Waals surface area contributed by atoms with Crippen LogP contribution in [0.25, 0.3) is 0 Å². The van der Waals surface area contributed by atoms with Crippen molar-refractivity contribution in [3.05, 3.63) is 22.2 Å². The van der Waals surface area contributed by atoms with Gasteiger partial charge in [-0.25, -0.2) is 0 Å². The van der Waals surface area contributed by atoms with E-state index < -0.39 is 4.92 Å². The molecule has 1 heterocycles. The lowest BCUT2D eigenvalue weighted by atomic mass is 10.4. The van der Waals surface area contributed by atoms with Crippen molar-refractivity contribution in [3.8, 4) is 5.88 Å². The van der Waals surface area contributed by atoms with Gasteiger partial charge in [0.05, 0.1) is 12.0 Å². The van der Waals surface area contributed by atoms with Gasteiger partial charge >= 0.3 is 5.69 Å². The number of nitrogens with one attached hydrogen (secondary N) is 1. The smallest absolute Gasteiger partial charge is 0.311 e. The standard InChI is InChI=1S/C8H12N4O3/c1-15-7-3-2-6(12(13)14)8(11-7)10-5-4-9/h2-3H,4-5,9H2,1H3,(H,10,11). The summed E-state index contributed by atoms with van der Waals surface area (Å²) in [6, 6.07) is 2.77. The predicted molar refractivity (Wildman–Crippen MR) is 55.0 cm³/mol. The highest BCUT2D eigenvalue weighted by molar-refractivity contribution is 5.56. The van der Waals surface area contributed by atoms with Crippen LogP contribution in [-0.2, 0) is 0 Å². The van der Waals surface area contributed by atoms with E-state index in [1.807, 2.05) is 0 Å². The third kappa shape index (κ3) is 2.78. The number of aromatic nitrogens is 1. The third-order valence-electron chi connectivity index (χ3n) is 1.69. The van der Waals surface area contributed by atoms with Crippen molar-refractivity contribution in [2.24, 2.45) is 5.73 Å². The summed E-state index contributed by atoms with van der Waals surface area (Å²) >= 11 is 0. The molecule has 0 fully saturated rings. The number of nitrogens with zero attached hydrogens (tertiary/aromatic N) is 2. The maximum atomic E-state index is 10.6. The SMILES string of the molecule is COc1ccc([N+](=O)[O-])c(NCCN)n1. The lowest BCUT2D eigenvalue weighted by Gasteiger charge is -2.06. The molecular formula is C8H12N4O3. The summed E-state index contributed by atoms with van der Waals surface area (Å²) in [5.74, 6) is 0.491. The van der Waals surface area contributed by atoms with Gasteiger partial charge in [-0.15, -0.1) is 0 Å². The van der Waals surface area contributed by atoms with Crippen LogP contribution in [0.4, 0.5) is 11.5 Å². The molecule has 82 valence electrons. The molecule has 0 amide bonds. The second kappa shape index (κ2) is 5.11. The van der Waals surface area contributed by atoms with E-state index in [-0.39, 0.29) is 11.5 Å². The molecular weight excluding hydrogens is 200 g/mol. The molecule has 1 aromatic heterocycles. The minimum atomic E-state index is -0.509. The van der Waals surface area contributed by atoms with E-state index in [4.69, 9.17) is 10.5 Å². The number of hydrogen-bond acceptors (Lipinski definition) is 6. The highest BCUT2D eigenvalue weighted by Crippen LogP contribution is 2.24. The Balaban J connectivity index is 2.99. The molecule has 0 saturated carbocycles. The summed E-state index contributed by atoms with van der Waals surface area (Å²) in [5, 5.41) is 13.4. The summed E-state index contributed by atoms with van der Waals surface area (Å²) in [5.41, 5.74) is 5.19. The van der Waals surface area contributed by atoms with Crippen LogP contribution < -0.4 is 15.8 Å². The van der Waals surface area contributed by atoms with Crippen molar-refractivity contribution in [2.45, 2.75) is 0 Å². The van der Waals surface area contributed by atoms with E-state index >= 15 is 0 Å². The highest BCUT2D eigenvalue weighted by atomic mass is 16.6. The van der Waals surface area contributed by atoms with E-state index in [1.165, 1.54) is 19.2 Å².